The summed E-state index contributed by atoms with van der Waals surface area (Å²) < 4.78 is 0. The van der Waals surface area contributed by atoms with Crippen LogP contribution in [0.1, 0.15) is 0 Å². The van der Waals surface area contributed by atoms with E-state index in [1.54, 1.807) is 7.05 Å². The van der Waals surface area contributed by atoms with Crippen molar-refractivity contribution in [1.82, 2.24) is 10.6 Å². The molecule has 0 saturated heterocycles. The Morgan fingerprint density at radius 1 is 1.73 bits per heavy atom. The summed E-state index contributed by atoms with van der Waals surface area (Å²) in [7, 11) is 1.63. The fraction of sp³-hybridized carbons (Fsp3) is 0.500. The van der Waals surface area contributed by atoms with Crippen LogP contribution in [-0.2, 0) is 4.79 Å². The highest BCUT2D eigenvalue weighted by Crippen LogP contribution is 1.87. The molecule has 0 fully saturated rings. The highest BCUT2D eigenvalue weighted by Gasteiger charge is 1.97. The van der Waals surface area contributed by atoms with Crippen molar-refractivity contribution in [3.63, 3.8) is 0 Å². The van der Waals surface area contributed by atoms with Crippen molar-refractivity contribution in [3.05, 3.63) is 11.5 Å². The smallest absolute Gasteiger partial charge is 0.139 e. The van der Waals surface area contributed by atoms with Crippen LogP contribution in [0.15, 0.2) is 11.5 Å². The first-order valence-electron chi connectivity index (χ1n) is 3.21. The van der Waals surface area contributed by atoms with Gasteiger partial charge in [-0.2, -0.15) is 0 Å². The van der Waals surface area contributed by atoms with Crippen LogP contribution in [0.4, 0.5) is 0 Å². The van der Waals surface area contributed by atoms with Crippen LogP contribution in [0.3, 0.4) is 0 Å². The molecule has 5 heteroatoms. The van der Waals surface area contributed by atoms with Gasteiger partial charge in [0.05, 0.1) is 18.8 Å². The average Bonchev–Trinajstić information content (AvgIpc) is 2.05. The van der Waals surface area contributed by atoms with Crippen LogP contribution in [0.2, 0.25) is 0 Å². The summed E-state index contributed by atoms with van der Waals surface area (Å²) in [5, 5.41) is 14.0. The van der Waals surface area contributed by atoms with Gasteiger partial charge in [0.1, 0.15) is 12.1 Å². The number of nitrogens with one attached hydrogen (secondary N) is 2. The minimum atomic E-state index is -0.208. The largest absolute Gasteiger partial charge is 0.390 e. The van der Waals surface area contributed by atoms with Gasteiger partial charge in [0.15, 0.2) is 0 Å². The fourth-order valence-corrected chi connectivity index (χ4v) is 0.552. The summed E-state index contributed by atoms with van der Waals surface area (Å²) in [6.45, 7) is -0.0568. The molecule has 0 radical (unpaired) electrons. The van der Waals surface area contributed by atoms with Gasteiger partial charge in [0.2, 0.25) is 0 Å². The van der Waals surface area contributed by atoms with E-state index in [9.17, 15) is 4.79 Å². The summed E-state index contributed by atoms with van der Waals surface area (Å²) in [6, 6.07) is 0. The zero-order chi connectivity index (χ0) is 8.69. The van der Waals surface area contributed by atoms with Crippen molar-refractivity contribution >= 4 is 6.29 Å². The highest BCUT2D eigenvalue weighted by atomic mass is 16.3. The van der Waals surface area contributed by atoms with E-state index in [1.807, 2.05) is 0 Å². The van der Waals surface area contributed by atoms with Crippen LogP contribution >= 0.6 is 0 Å². The zero-order valence-corrected chi connectivity index (χ0v) is 6.42. The molecule has 0 aromatic rings. The Kier molecular flexibility index (Phi) is 4.93. The van der Waals surface area contributed by atoms with Gasteiger partial charge in [-0.05, 0) is 0 Å². The molecule has 0 spiro atoms. The highest BCUT2D eigenvalue weighted by molar-refractivity contribution is 5.52. The van der Waals surface area contributed by atoms with Crippen molar-refractivity contribution in [1.29, 1.82) is 0 Å². The second-order valence-electron chi connectivity index (χ2n) is 1.85. The van der Waals surface area contributed by atoms with Crippen LogP contribution in [0.5, 0.6) is 0 Å². The molecule has 0 atom stereocenters. The Morgan fingerprint density at radius 3 is 2.73 bits per heavy atom. The monoisotopic (exact) mass is 159 g/mol. The summed E-state index contributed by atoms with van der Waals surface area (Å²) >= 11 is 0. The number of rotatable bonds is 5. The Bertz CT molecular complexity index is 156. The van der Waals surface area contributed by atoms with E-state index >= 15 is 0 Å². The van der Waals surface area contributed by atoms with Gasteiger partial charge in [0, 0.05) is 7.05 Å². The van der Waals surface area contributed by atoms with Gasteiger partial charge in [-0.15, -0.1) is 0 Å². The predicted molar refractivity (Wildman–Crippen MR) is 41.4 cm³/mol. The number of nitrogens with two attached hydrogens (primary N) is 1. The molecule has 0 aliphatic rings. The van der Waals surface area contributed by atoms with Crippen molar-refractivity contribution in [2.24, 2.45) is 5.73 Å². The molecule has 0 unspecified atom stereocenters. The number of aldehydes is 1. The van der Waals surface area contributed by atoms with E-state index in [1.165, 1.54) is 0 Å². The van der Waals surface area contributed by atoms with Crippen LogP contribution in [-0.4, -0.2) is 31.6 Å². The van der Waals surface area contributed by atoms with Crippen LogP contribution in [0, 0.1) is 0 Å². The maximum absolute atomic E-state index is 9.91. The minimum absolute atomic E-state index is 0.151. The Balaban J connectivity index is 4.02. The van der Waals surface area contributed by atoms with E-state index in [-0.39, 0.29) is 13.2 Å². The van der Waals surface area contributed by atoms with Gasteiger partial charge in [-0.3, -0.25) is 0 Å². The molecule has 5 N–H and O–H groups in total. The van der Waals surface area contributed by atoms with E-state index in [4.69, 9.17) is 10.8 Å². The topological polar surface area (TPSA) is 87.4 Å². The molecular weight excluding hydrogens is 146 g/mol. The third kappa shape index (κ3) is 3.47. The number of aliphatic hydroxyl groups excluding tert-OH is 1. The molecule has 5 nitrogen and oxygen atoms in total. The summed E-state index contributed by atoms with van der Waals surface area (Å²) in [6.07, 6.45) is 0.693. The molecule has 0 rings (SSSR count). The first-order chi connectivity index (χ1) is 5.26. The number of carbonyl (C=O) groups is 1. The van der Waals surface area contributed by atoms with E-state index in [0.717, 1.165) is 0 Å². The first kappa shape index (κ1) is 9.77. The molecule has 64 valence electrons. The van der Waals surface area contributed by atoms with Gasteiger partial charge in [0.25, 0.3) is 0 Å². The van der Waals surface area contributed by atoms with Crippen molar-refractivity contribution in [3.8, 4) is 0 Å². The zero-order valence-electron chi connectivity index (χ0n) is 6.42. The fourth-order valence-electron chi connectivity index (χ4n) is 0.552. The molecule has 0 aromatic heterocycles. The quantitative estimate of drug-likeness (QED) is 0.352. The molecule has 0 saturated carbocycles. The van der Waals surface area contributed by atoms with Gasteiger partial charge in [-0.1, -0.05) is 0 Å². The summed E-state index contributed by atoms with van der Waals surface area (Å²) in [5.41, 5.74) is 5.83. The Labute approximate surface area is 65.3 Å². The number of hydrogen-bond acceptors (Lipinski definition) is 5. The molecular formula is C6H13N3O2. The lowest BCUT2D eigenvalue weighted by Crippen LogP contribution is -2.28. The third-order valence-electron chi connectivity index (χ3n) is 1.15. The van der Waals surface area contributed by atoms with Gasteiger partial charge < -0.3 is 26.3 Å². The van der Waals surface area contributed by atoms with Crippen LogP contribution in [0.25, 0.3) is 0 Å². The average molecular weight is 159 g/mol. The molecule has 11 heavy (non-hydrogen) atoms. The van der Waals surface area contributed by atoms with E-state index in [0.29, 0.717) is 17.8 Å². The number of carbonyl (C=O) groups excluding carboxylic acids is 1. The predicted octanol–water partition coefficient (Wildman–Crippen LogP) is -1.89. The maximum Gasteiger partial charge on any atom is 0.139 e. The van der Waals surface area contributed by atoms with E-state index in [2.05, 4.69) is 10.6 Å². The molecule has 0 heterocycles. The minimum Gasteiger partial charge on any atom is -0.390 e. The molecule has 0 amide bonds. The summed E-state index contributed by atoms with van der Waals surface area (Å²) in [4.78, 5) is 9.91. The van der Waals surface area contributed by atoms with Crippen molar-refractivity contribution in [2.45, 2.75) is 0 Å². The van der Waals surface area contributed by atoms with Crippen LogP contribution < -0.4 is 16.4 Å². The molecule has 0 aliphatic carbocycles. The first-order valence-corrected chi connectivity index (χ1v) is 3.21. The summed E-state index contributed by atoms with van der Waals surface area (Å²) in [5.74, 6) is 0.342. The third-order valence-corrected chi connectivity index (χ3v) is 1.15. The van der Waals surface area contributed by atoms with Crippen molar-refractivity contribution in [2.75, 3.05) is 20.2 Å². The second-order valence-corrected chi connectivity index (χ2v) is 1.85. The Morgan fingerprint density at radius 2 is 2.36 bits per heavy atom. The number of aliphatic hydroxyl groups is 1. The lowest BCUT2D eigenvalue weighted by molar-refractivity contribution is -0.107. The second kappa shape index (κ2) is 5.55. The SMILES string of the molecule is CN/C(N)=C(\CO)NCC=O. The standard InChI is InChI=1S/C6H13N3O2/c1-8-6(7)5(4-11)9-2-3-10/h3,8-9,11H,2,4,7H2,1H3/b6-5+. The molecule has 0 aliphatic heterocycles. The Hall–Kier alpha value is -1.23. The van der Waals surface area contributed by atoms with Gasteiger partial charge >= 0.3 is 0 Å². The molecule has 0 bridgehead atoms. The lowest BCUT2D eigenvalue weighted by atomic mass is 10.4. The number of hydrogen-bond donors (Lipinski definition) is 4. The molecule has 0 aromatic carbocycles. The van der Waals surface area contributed by atoms with Crippen molar-refractivity contribution < 1.29 is 9.90 Å². The van der Waals surface area contributed by atoms with E-state index < -0.39 is 0 Å². The van der Waals surface area contributed by atoms with Gasteiger partial charge in [-0.25, -0.2) is 0 Å². The lowest BCUT2D eigenvalue weighted by Gasteiger charge is -2.08. The maximum atomic E-state index is 9.91. The normalized spacial score (nSPS) is 11.8.